The van der Waals surface area contributed by atoms with Crippen molar-refractivity contribution in [2.24, 2.45) is 0 Å². The minimum atomic E-state index is 0.123. The van der Waals surface area contributed by atoms with Crippen LogP contribution < -0.4 is 10.6 Å². The molecule has 0 bridgehead atoms. The van der Waals surface area contributed by atoms with Crippen molar-refractivity contribution in [1.82, 2.24) is 15.0 Å². The Morgan fingerprint density at radius 3 is 2.50 bits per heavy atom. The Bertz CT molecular complexity index is 1130. The molecule has 0 amide bonds. The van der Waals surface area contributed by atoms with Gasteiger partial charge in [-0.3, -0.25) is 4.79 Å². The molecule has 6 nitrogen and oxygen atoms in total. The average molecular weight is 399 g/mol. The lowest BCUT2D eigenvalue weighted by Gasteiger charge is -2.27. The summed E-state index contributed by atoms with van der Waals surface area (Å²) in [6, 6.07) is 10.0. The quantitative estimate of drug-likeness (QED) is 0.707. The molecule has 2 aliphatic rings. The first-order chi connectivity index (χ1) is 14.7. The van der Waals surface area contributed by atoms with E-state index < -0.39 is 0 Å². The fourth-order valence-corrected chi connectivity index (χ4v) is 4.44. The lowest BCUT2D eigenvalue weighted by Crippen LogP contribution is -2.31. The molecule has 152 valence electrons. The lowest BCUT2D eigenvalue weighted by atomic mass is 9.89. The normalized spacial score (nSPS) is 16.9. The van der Waals surface area contributed by atoms with E-state index in [1.165, 1.54) is 6.42 Å². The molecule has 2 N–H and O–H groups in total. The summed E-state index contributed by atoms with van der Waals surface area (Å²) < 4.78 is 0. The van der Waals surface area contributed by atoms with E-state index in [9.17, 15) is 4.79 Å². The van der Waals surface area contributed by atoms with Crippen LogP contribution in [0.2, 0.25) is 0 Å². The number of fused-ring (bicyclic) bond motifs is 2. The van der Waals surface area contributed by atoms with E-state index in [2.05, 4.69) is 9.88 Å². The first kappa shape index (κ1) is 18.7. The van der Waals surface area contributed by atoms with Gasteiger partial charge in [-0.25, -0.2) is 4.98 Å². The van der Waals surface area contributed by atoms with Gasteiger partial charge in [-0.2, -0.15) is 9.97 Å². The summed E-state index contributed by atoms with van der Waals surface area (Å²) in [6.45, 7) is 1.88. The number of carbonyl (C=O) groups excluding carboxylic acids is 1. The molecule has 0 spiro atoms. The highest BCUT2D eigenvalue weighted by atomic mass is 16.1. The van der Waals surface area contributed by atoms with E-state index in [1.807, 2.05) is 42.5 Å². The Morgan fingerprint density at radius 2 is 1.70 bits per heavy atom. The molecule has 0 unspecified atom stereocenters. The zero-order valence-electron chi connectivity index (χ0n) is 17.0. The predicted octanol–water partition coefficient (Wildman–Crippen LogP) is 4.29. The highest BCUT2D eigenvalue weighted by Crippen LogP contribution is 2.33. The molecule has 6 heteroatoms. The van der Waals surface area contributed by atoms with Crippen LogP contribution in [-0.2, 0) is 6.42 Å². The number of hydrogen-bond donors (Lipinski definition) is 1. The van der Waals surface area contributed by atoms with Crippen LogP contribution in [0.3, 0.4) is 0 Å². The molecule has 0 atom stereocenters. The number of nitrogen functional groups attached to an aromatic ring is 1. The molecular weight excluding hydrogens is 374 g/mol. The molecule has 1 aromatic carbocycles. The van der Waals surface area contributed by atoms with Crippen LogP contribution in [0.25, 0.3) is 23.2 Å². The number of piperidine rings is 1. The van der Waals surface area contributed by atoms with Crippen molar-refractivity contribution in [1.29, 1.82) is 0 Å². The highest BCUT2D eigenvalue weighted by molar-refractivity contribution is 6.09. The van der Waals surface area contributed by atoms with E-state index in [0.29, 0.717) is 34.8 Å². The van der Waals surface area contributed by atoms with Crippen LogP contribution in [-0.4, -0.2) is 33.8 Å². The van der Waals surface area contributed by atoms with Crippen LogP contribution in [0.1, 0.15) is 59.3 Å². The largest absolute Gasteiger partial charge is 0.383 e. The first-order valence-electron chi connectivity index (χ1n) is 10.7. The molecule has 30 heavy (non-hydrogen) atoms. The van der Waals surface area contributed by atoms with Gasteiger partial charge in [0.15, 0.2) is 11.4 Å². The number of Topliss-reactive ketones (excluding diaryl/α,β-unsaturated/α-hetero) is 1. The second-order valence-corrected chi connectivity index (χ2v) is 8.02. The van der Waals surface area contributed by atoms with Crippen molar-refractivity contribution in [3.05, 3.63) is 52.7 Å². The Kier molecular flexibility index (Phi) is 4.91. The highest BCUT2D eigenvalue weighted by Gasteiger charge is 2.26. The van der Waals surface area contributed by atoms with Crippen LogP contribution in [0.4, 0.5) is 11.8 Å². The smallest absolute Gasteiger partial charge is 0.229 e. The van der Waals surface area contributed by atoms with Crippen LogP contribution in [0.15, 0.2) is 30.3 Å². The van der Waals surface area contributed by atoms with Gasteiger partial charge in [-0.05, 0) is 37.7 Å². The topological polar surface area (TPSA) is 85.0 Å². The first-order valence-corrected chi connectivity index (χ1v) is 10.7. The van der Waals surface area contributed by atoms with Crippen molar-refractivity contribution < 1.29 is 4.79 Å². The zero-order valence-corrected chi connectivity index (χ0v) is 17.0. The molecule has 1 fully saturated rings. The Morgan fingerprint density at radius 1 is 0.900 bits per heavy atom. The summed E-state index contributed by atoms with van der Waals surface area (Å²) in [7, 11) is 0. The molecular formula is C24H25N5O. The van der Waals surface area contributed by atoms with Gasteiger partial charge < -0.3 is 10.6 Å². The zero-order chi connectivity index (χ0) is 20.5. The summed E-state index contributed by atoms with van der Waals surface area (Å²) in [6.07, 6.45) is 9.65. The fraction of sp³-hybridized carbons (Fsp3) is 0.333. The Labute approximate surface area is 175 Å². The number of nitrogens with zero attached hydrogens (tertiary/aromatic N) is 4. The third-order valence-electron chi connectivity index (χ3n) is 5.95. The van der Waals surface area contributed by atoms with Gasteiger partial charge >= 0.3 is 0 Å². The van der Waals surface area contributed by atoms with E-state index in [-0.39, 0.29) is 5.78 Å². The minimum absolute atomic E-state index is 0.123. The molecule has 1 saturated heterocycles. The van der Waals surface area contributed by atoms with Gasteiger partial charge in [-0.15, -0.1) is 0 Å². The number of hydrogen-bond acceptors (Lipinski definition) is 6. The molecule has 1 aliphatic carbocycles. The maximum atomic E-state index is 12.8. The van der Waals surface area contributed by atoms with Gasteiger partial charge in [0.1, 0.15) is 5.82 Å². The summed E-state index contributed by atoms with van der Waals surface area (Å²) in [5, 5.41) is 0.678. The summed E-state index contributed by atoms with van der Waals surface area (Å²) in [4.78, 5) is 29.2. The molecule has 0 saturated carbocycles. The molecule has 1 aliphatic heterocycles. The standard InChI is InChI=1S/C24H25N5O/c25-22-21-17(13-12-16-8-3-1-4-9-16)20-18(10-7-11-19(20)30)26-23(21)28-24(27-22)29-14-5-2-6-15-29/h1,3-4,8-9,12-13H,2,5-7,10-11,14-15H2,(H2,25,26,27,28)/b13-12+. The molecule has 3 aromatic rings. The van der Waals surface area contributed by atoms with Gasteiger partial charge in [0.05, 0.1) is 11.1 Å². The number of rotatable bonds is 3. The maximum Gasteiger partial charge on any atom is 0.229 e. The Balaban J connectivity index is 1.70. The number of aryl methyl sites for hydroxylation is 1. The number of ketones is 1. The number of carbonyl (C=O) groups is 1. The van der Waals surface area contributed by atoms with Crippen molar-refractivity contribution in [3.8, 4) is 0 Å². The average Bonchev–Trinajstić information content (AvgIpc) is 2.78. The molecule has 3 heterocycles. The van der Waals surface area contributed by atoms with Crippen molar-refractivity contribution in [3.63, 3.8) is 0 Å². The fourth-order valence-electron chi connectivity index (χ4n) is 4.44. The van der Waals surface area contributed by atoms with Gasteiger partial charge in [0.2, 0.25) is 5.95 Å². The second-order valence-electron chi connectivity index (χ2n) is 8.02. The number of anilines is 2. The van der Waals surface area contributed by atoms with Crippen LogP contribution >= 0.6 is 0 Å². The van der Waals surface area contributed by atoms with Gasteiger partial charge in [0.25, 0.3) is 0 Å². The third kappa shape index (κ3) is 3.43. The van der Waals surface area contributed by atoms with Crippen LogP contribution in [0, 0.1) is 0 Å². The number of aromatic nitrogens is 3. The van der Waals surface area contributed by atoms with Gasteiger partial charge in [-0.1, -0.05) is 42.5 Å². The van der Waals surface area contributed by atoms with Crippen molar-refractivity contribution in [2.75, 3.05) is 23.7 Å². The van der Waals surface area contributed by atoms with E-state index in [1.54, 1.807) is 0 Å². The minimum Gasteiger partial charge on any atom is -0.383 e. The van der Waals surface area contributed by atoms with Crippen molar-refractivity contribution >= 4 is 40.7 Å². The summed E-state index contributed by atoms with van der Waals surface area (Å²) in [5.41, 5.74) is 10.4. The summed E-state index contributed by atoms with van der Waals surface area (Å²) in [5.74, 6) is 1.16. The second kappa shape index (κ2) is 7.86. The molecule has 0 radical (unpaired) electrons. The predicted molar refractivity (Wildman–Crippen MR) is 120 cm³/mol. The Hall–Kier alpha value is -3.28. The molecule has 5 rings (SSSR count). The van der Waals surface area contributed by atoms with E-state index >= 15 is 0 Å². The monoisotopic (exact) mass is 399 g/mol. The van der Waals surface area contributed by atoms with E-state index in [0.717, 1.165) is 55.6 Å². The number of benzene rings is 1. The van der Waals surface area contributed by atoms with Crippen LogP contribution in [0.5, 0.6) is 0 Å². The molecule has 2 aromatic heterocycles. The lowest BCUT2D eigenvalue weighted by molar-refractivity contribution is 0.0971. The number of nitrogens with two attached hydrogens (primary N) is 1. The van der Waals surface area contributed by atoms with Crippen molar-refractivity contribution in [2.45, 2.75) is 38.5 Å². The van der Waals surface area contributed by atoms with Gasteiger partial charge in [0, 0.05) is 30.6 Å². The SMILES string of the molecule is Nc1nc(N2CCCCC2)nc2nc3c(c(/C=C/c4ccccc4)c12)C(=O)CCC3. The van der Waals surface area contributed by atoms with E-state index in [4.69, 9.17) is 15.7 Å². The summed E-state index contributed by atoms with van der Waals surface area (Å²) >= 11 is 0. The third-order valence-corrected chi connectivity index (χ3v) is 5.95. The number of pyridine rings is 1. The maximum absolute atomic E-state index is 12.8.